The van der Waals surface area contributed by atoms with E-state index in [1.807, 2.05) is 6.92 Å². The molecule has 196 valence electrons. The number of ether oxygens (including phenoxy) is 4. The third-order valence-corrected chi connectivity index (χ3v) is 6.89. The summed E-state index contributed by atoms with van der Waals surface area (Å²) >= 11 is 0. The summed E-state index contributed by atoms with van der Waals surface area (Å²) in [5, 5.41) is 5.73. The lowest BCUT2D eigenvalue weighted by Crippen LogP contribution is -2.54. The molecule has 0 aromatic heterocycles. The van der Waals surface area contributed by atoms with Crippen molar-refractivity contribution >= 4 is 23.4 Å². The SMILES string of the molecule is CCCNC(=O)C[C@@H]1CC[C@H]2[C@@H](COc3ccc(NC(=O)c4ccc5c(c4)OCO5)cc3C(=O)N2C)O1. The Labute approximate surface area is 215 Å². The number of hydrogen-bond acceptors (Lipinski definition) is 7. The zero-order valence-electron chi connectivity index (χ0n) is 21.0. The van der Waals surface area contributed by atoms with Crippen molar-refractivity contribution < 1.29 is 33.3 Å². The normalized spacial score (nSPS) is 22.2. The molecule has 3 atom stereocenters. The van der Waals surface area contributed by atoms with E-state index in [0.29, 0.717) is 59.9 Å². The quantitative estimate of drug-likeness (QED) is 0.615. The Morgan fingerprint density at radius 1 is 1.03 bits per heavy atom. The highest BCUT2D eigenvalue weighted by molar-refractivity contribution is 6.06. The van der Waals surface area contributed by atoms with Crippen LogP contribution in [0.1, 0.15) is 53.3 Å². The Morgan fingerprint density at radius 2 is 1.84 bits per heavy atom. The first-order valence-corrected chi connectivity index (χ1v) is 12.6. The van der Waals surface area contributed by atoms with Crippen molar-refractivity contribution in [2.24, 2.45) is 0 Å². The number of carbonyl (C=O) groups is 3. The third-order valence-electron chi connectivity index (χ3n) is 6.89. The highest BCUT2D eigenvalue weighted by Gasteiger charge is 2.39. The summed E-state index contributed by atoms with van der Waals surface area (Å²) in [7, 11) is 1.75. The summed E-state index contributed by atoms with van der Waals surface area (Å²) in [6.07, 6.45) is 2.01. The van der Waals surface area contributed by atoms with E-state index in [2.05, 4.69) is 10.6 Å². The molecule has 3 heterocycles. The minimum Gasteiger partial charge on any atom is -0.490 e. The van der Waals surface area contributed by atoms with Gasteiger partial charge in [-0.05, 0) is 55.7 Å². The molecular weight excluding hydrogens is 478 g/mol. The number of fused-ring (bicyclic) bond motifs is 3. The summed E-state index contributed by atoms with van der Waals surface area (Å²) in [6.45, 7) is 3.04. The second kappa shape index (κ2) is 10.7. The van der Waals surface area contributed by atoms with Crippen LogP contribution < -0.4 is 24.8 Å². The second-order valence-corrected chi connectivity index (χ2v) is 9.46. The molecule has 0 aliphatic carbocycles. The molecule has 1 fully saturated rings. The molecule has 10 heteroatoms. The number of anilines is 1. The summed E-state index contributed by atoms with van der Waals surface area (Å²) in [5.41, 5.74) is 1.25. The highest BCUT2D eigenvalue weighted by atomic mass is 16.7. The van der Waals surface area contributed by atoms with Crippen LogP contribution in [0.5, 0.6) is 17.2 Å². The van der Waals surface area contributed by atoms with Gasteiger partial charge in [-0.3, -0.25) is 14.4 Å². The highest BCUT2D eigenvalue weighted by Crippen LogP contribution is 2.34. The zero-order chi connectivity index (χ0) is 25.9. The van der Waals surface area contributed by atoms with Gasteiger partial charge in [0.25, 0.3) is 11.8 Å². The number of likely N-dealkylation sites (N-methyl/N-ethyl adjacent to an activating group) is 1. The van der Waals surface area contributed by atoms with E-state index >= 15 is 0 Å². The molecule has 2 N–H and O–H groups in total. The first kappa shape index (κ1) is 24.9. The summed E-state index contributed by atoms with van der Waals surface area (Å²) < 4.78 is 22.9. The Kier molecular flexibility index (Phi) is 7.18. The van der Waals surface area contributed by atoms with Crippen LogP contribution in [0.25, 0.3) is 0 Å². The van der Waals surface area contributed by atoms with Gasteiger partial charge in [0.1, 0.15) is 18.5 Å². The van der Waals surface area contributed by atoms with E-state index < -0.39 is 0 Å². The van der Waals surface area contributed by atoms with Gasteiger partial charge in [0.15, 0.2) is 11.5 Å². The number of amides is 3. The van der Waals surface area contributed by atoms with E-state index in [-0.39, 0.29) is 49.4 Å². The molecule has 2 aromatic carbocycles. The molecule has 1 saturated heterocycles. The molecule has 37 heavy (non-hydrogen) atoms. The van der Waals surface area contributed by atoms with Crippen LogP contribution in [0, 0.1) is 0 Å². The van der Waals surface area contributed by atoms with Crippen LogP contribution in [0.3, 0.4) is 0 Å². The average molecular weight is 510 g/mol. The van der Waals surface area contributed by atoms with E-state index in [9.17, 15) is 14.4 Å². The smallest absolute Gasteiger partial charge is 0.257 e. The van der Waals surface area contributed by atoms with Crippen molar-refractivity contribution in [2.75, 3.05) is 32.3 Å². The third kappa shape index (κ3) is 5.34. The monoisotopic (exact) mass is 509 g/mol. The van der Waals surface area contributed by atoms with Gasteiger partial charge in [0.05, 0.1) is 24.1 Å². The zero-order valence-corrected chi connectivity index (χ0v) is 21.0. The predicted molar refractivity (Wildman–Crippen MR) is 134 cm³/mol. The van der Waals surface area contributed by atoms with Gasteiger partial charge >= 0.3 is 0 Å². The van der Waals surface area contributed by atoms with Crippen LogP contribution in [0.15, 0.2) is 36.4 Å². The number of carbonyl (C=O) groups excluding carboxylic acids is 3. The molecule has 0 spiro atoms. The number of nitrogens with zero attached hydrogens (tertiary/aromatic N) is 1. The fraction of sp³-hybridized carbons (Fsp3) is 0.444. The van der Waals surface area contributed by atoms with Crippen molar-refractivity contribution in [3.05, 3.63) is 47.5 Å². The Balaban J connectivity index is 1.28. The fourth-order valence-corrected chi connectivity index (χ4v) is 4.89. The summed E-state index contributed by atoms with van der Waals surface area (Å²) in [5.74, 6) is 0.959. The molecule has 2 aromatic rings. The maximum absolute atomic E-state index is 13.4. The van der Waals surface area contributed by atoms with Crippen molar-refractivity contribution in [1.82, 2.24) is 10.2 Å². The standard InChI is InChI=1S/C27H31N3O7/c1-3-10-28-25(31)13-18-6-7-20-24(37-18)14-34-21-9-5-17(12-19(21)27(33)30(20)2)29-26(32)16-4-8-22-23(11-16)36-15-35-22/h4-5,8-9,11-12,18,20,24H,3,6-7,10,13-15H2,1-2H3,(H,28,31)(H,29,32)/t18-,20-,24+/m0/s1. The first-order chi connectivity index (χ1) is 17.9. The molecule has 5 rings (SSSR count). The van der Waals surface area contributed by atoms with Crippen LogP contribution in [-0.2, 0) is 9.53 Å². The van der Waals surface area contributed by atoms with Crippen molar-refractivity contribution in [1.29, 1.82) is 0 Å². The van der Waals surface area contributed by atoms with Crippen molar-refractivity contribution in [2.45, 2.75) is 50.9 Å². The fourth-order valence-electron chi connectivity index (χ4n) is 4.89. The molecule has 3 amide bonds. The van der Waals surface area contributed by atoms with Gasteiger partial charge in [0, 0.05) is 24.8 Å². The topological polar surface area (TPSA) is 115 Å². The molecule has 3 aliphatic rings. The van der Waals surface area contributed by atoms with Gasteiger partial charge in [-0.25, -0.2) is 0 Å². The Morgan fingerprint density at radius 3 is 2.68 bits per heavy atom. The van der Waals surface area contributed by atoms with Crippen LogP contribution in [0.4, 0.5) is 5.69 Å². The van der Waals surface area contributed by atoms with E-state index in [1.165, 1.54) is 0 Å². The van der Waals surface area contributed by atoms with Crippen molar-refractivity contribution in [3.63, 3.8) is 0 Å². The molecule has 10 nitrogen and oxygen atoms in total. The minimum atomic E-state index is -0.342. The molecule has 0 unspecified atom stereocenters. The molecule has 0 bridgehead atoms. The number of rotatable bonds is 6. The van der Waals surface area contributed by atoms with Gasteiger partial charge in [-0.15, -0.1) is 0 Å². The summed E-state index contributed by atoms with van der Waals surface area (Å²) in [4.78, 5) is 40.1. The molecule has 0 radical (unpaired) electrons. The van der Waals surface area contributed by atoms with Gasteiger partial charge in [-0.1, -0.05) is 6.92 Å². The van der Waals surface area contributed by atoms with Crippen LogP contribution in [-0.4, -0.2) is 67.9 Å². The molecular formula is C27H31N3O7. The second-order valence-electron chi connectivity index (χ2n) is 9.46. The largest absolute Gasteiger partial charge is 0.490 e. The first-order valence-electron chi connectivity index (χ1n) is 12.6. The molecule has 3 aliphatic heterocycles. The maximum Gasteiger partial charge on any atom is 0.257 e. The maximum atomic E-state index is 13.4. The Bertz CT molecular complexity index is 1200. The lowest BCUT2D eigenvalue weighted by Gasteiger charge is -2.42. The average Bonchev–Trinajstić information content (AvgIpc) is 3.38. The van der Waals surface area contributed by atoms with Gasteiger partial charge in [0.2, 0.25) is 12.7 Å². The summed E-state index contributed by atoms with van der Waals surface area (Å²) in [6, 6.07) is 9.79. The molecule has 0 saturated carbocycles. The number of benzene rings is 2. The Hall–Kier alpha value is -3.79. The van der Waals surface area contributed by atoms with Crippen LogP contribution in [0.2, 0.25) is 0 Å². The minimum absolute atomic E-state index is 0.0258. The number of nitrogens with one attached hydrogen (secondary N) is 2. The van der Waals surface area contributed by atoms with Crippen LogP contribution >= 0.6 is 0 Å². The number of hydrogen-bond donors (Lipinski definition) is 2. The van der Waals surface area contributed by atoms with Gasteiger partial charge < -0.3 is 34.5 Å². The van der Waals surface area contributed by atoms with Gasteiger partial charge in [-0.2, -0.15) is 0 Å². The lowest BCUT2D eigenvalue weighted by molar-refractivity contribution is -0.134. The van der Waals surface area contributed by atoms with E-state index in [1.54, 1.807) is 48.3 Å². The predicted octanol–water partition coefficient (Wildman–Crippen LogP) is 2.96. The lowest BCUT2D eigenvalue weighted by atomic mass is 9.94. The van der Waals surface area contributed by atoms with E-state index in [0.717, 1.165) is 6.42 Å². The van der Waals surface area contributed by atoms with E-state index in [4.69, 9.17) is 18.9 Å². The van der Waals surface area contributed by atoms with Crippen molar-refractivity contribution in [3.8, 4) is 17.2 Å².